The van der Waals surface area contributed by atoms with Crippen molar-refractivity contribution in [2.75, 3.05) is 11.0 Å². The van der Waals surface area contributed by atoms with Crippen molar-refractivity contribution in [3.63, 3.8) is 0 Å². The summed E-state index contributed by atoms with van der Waals surface area (Å²) in [7, 11) is -1.52. The van der Waals surface area contributed by atoms with E-state index >= 15 is 0 Å². The molecule has 0 aliphatic carbocycles. The number of carbonyl (C=O) groups is 1. The number of aromatic nitrogens is 3. The molecule has 1 atom stereocenters. The van der Waals surface area contributed by atoms with Gasteiger partial charge in [-0.05, 0) is 55.5 Å². The van der Waals surface area contributed by atoms with Gasteiger partial charge in [0.05, 0.1) is 11.5 Å². The van der Waals surface area contributed by atoms with Crippen molar-refractivity contribution in [1.82, 2.24) is 14.8 Å². The van der Waals surface area contributed by atoms with Gasteiger partial charge in [-0.25, -0.2) is 8.42 Å². The Bertz CT molecular complexity index is 1130. The molecule has 0 saturated heterocycles. The number of thioether (sulfide) groups is 1. The van der Waals surface area contributed by atoms with E-state index in [1.807, 2.05) is 23.7 Å². The van der Waals surface area contributed by atoms with E-state index in [2.05, 4.69) is 14.9 Å². The Morgan fingerprint density at radius 1 is 1.10 bits per heavy atom. The molecule has 0 aliphatic heterocycles. The minimum Gasteiger partial charge on any atom is -0.305 e. The third-order valence-electron chi connectivity index (χ3n) is 4.06. The number of Topliss-reactive ketones (excluding diaryl/α,β-unsaturated/α-hetero) is 1. The van der Waals surface area contributed by atoms with Crippen LogP contribution in [-0.4, -0.2) is 40.5 Å². The van der Waals surface area contributed by atoms with Crippen LogP contribution in [0.15, 0.2) is 53.7 Å². The zero-order valence-electron chi connectivity index (χ0n) is 16.0. The van der Waals surface area contributed by atoms with Crippen LogP contribution in [-0.2, 0) is 17.1 Å². The molecule has 1 aromatic heterocycles. The third kappa shape index (κ3) is 5.37. The maximum absolute atomic E-state index is 12.7. The summed E-state index contributed by atoms with van der Waals surface area (Å²) in [4.78, 5) is 12.7. The maximum atomic E-state index is 12.7. The zero-order chi connectivity index (χ0) is 21.2. The fourth-order valence-electron chi connectivity index (χ4n) is 2.63. The van der Waals surface area contributed by atoms with Crippen molar-refractivity contribution < 1.29 is 13.2 Å². The molecule has 0 fully saturated rings. The SMILES string of the molecule is CC(Sc1nnc(-c2ccc(Cl)cc2)n1C)C(=O)c1ccc(NS(C)(=O)=O)cc1. The number of anilines is 1. The quantitative estimate of drug-likeness (QED) is 0.433. The largest absolute Gasteiger partial charge is 0.305 e. The van der Waals surface area contributed by atoms with Gasteiger partial charge in [0.2, 0.25) is 10.0 Å². The predicted octanol–water partition coefficient (Wildman–Crippen LogP) is 3.87. The zero-order valence-corrected chi connectivity index (χ0v) is 18.3. The summed E-state index contributed by atoms with van der Waals surface area (Å²) in [6.45, 7) is 1.80. The van der Waals surface area contributed by atoms with Crippen LogP contribution in [0.4, 0.5) is 5.69 Å². The molecule has 0 bridgehead atoms. The molecule has 29 heavy (non-hydrogen) atoms. The fourth-order valence-corrected chi connectivity index (χ4v) is 4.21. The third-order valence-corrected chi connectivity index (χ3v) is 6.05. The Hall–Kier alpha value is -2.36. The minimum atomic E-state index is -3.36. The van der Waals surface area contributed by atoms with Crippen LogP contribution in [0.1, 0.15) is 17.3 Å². The van der Waals surface area contributed by atoms with Crippen LogP contribution in [0.2, 0.25) is 5.02 Å². The molecule has 2 aromatic carbocycles. The highest BCUT2D eigenvalue weighted by atomic mass is 35.5. The van der Waals surface area contributed by atoms with E-state index in [0.717, 1.165) is 11.8 Å². The Morgan fingerprint density at radius 2 is 1.72 bits per heavy atom. The van der Waals surface area contributed by atoms with Gasteiger partial charge in [0.25, 0.3) is 0 Å². The molecule has 0 amide bonds. The van der Waals surface area contributed by atoms with Gasteiger partial charge >= 0.3 is 0 Å². The monoisotopic (exact) mass is 450 g/mol. The summed E-state index contributed by atoms with van der Waals surface area (Å²) in [6.07, 6.45) is 1.07. The fraction of sp³-hybridized carbons (Fsp3) is 0.211. The second kappa shape index (κ2) is 8.56. The topological polar surface area (TPSA) is 93.9 Å². The lowest BCUT2D eigenvalue weighted by molar-refractivity contribution is 0.0994. The number of rotatable bonds is 7. The second-order valence-corrected chi connectivity index (χ2v) is 9.94. The molecule has 1 heterocycles. The van der Waals surface area contributed by atoms with E-state index < -0.39 is 15.3 Å². The first-order valence-electron chi connectivity index (χ1n) is 8.58. The number of halogens is 1. The van der Waals surface area contributed by atoms with Gasteiger partial charge in [0.1, 0.15) is 0 Å². The number of sulfonamides is 1. The summed E-state index contributed by atoms with van der Waals surface area (Å²) in [5, 5.41) is 9.28. The molecule has 1 N–H and O–H groups in total. The molecule has 0 radical (unpaired) electrons. The normalized spacial score (nSPS) is 12.6. The number of ketones is 1. The number of benzene rings is 2. The highest BCUT2D eigenvalue weighted by Gasteiger charge is 2.20. The number of hydrogen-bond donors (Lipinski definition) is 1. The highest BCUT2D eigenvalue weighted by molar-refractivity contribution is 8.00. The van der Waals surface area contributed by atoms with Gasteiger partial charge in [-0.1, -0.05) is 23.4 Å². The van der Waals surface area contributed by atoms with E-state index in [1.54, 1.807) is 43.3 Å². The predicted molar refractivity (Wildman–Crippen MR) is 116 cm³/mol. The Kier molecular flexibility index (Phi) is 6.30. The van der Waals surface area contributed by atoms with Crippen LogP contribution < -0.4 is 4.72 Å². The number of nitrogens with zero attached hydrogens (tertiary/aromatic N) is 3. The van der Waals surface area contributed by atoms with Crippen molar-refractivity contribution in [2.24, 2.45) is 7.05 Å². The molecule has 3 aromatic rings. The van der Waals surface area contributed by atoms with Crippen LogP contribution in [0.25, 0.3) is 11.4 Å². The Labute approximate surface area is 178 Å². The summed E-state index contributed by atoms with van der Waals surface area (Å²) < 4.78 is 26.8. The van der Waals surface area contributed by atoms with E-state index in [1.165, 1.54) is 11.8 Å². The van der Waals surface area contributed by atoms with Crippen LogP contribution in [0, 0.1) is 0 Å². The average molecular weight is 451 g/mol. The lowest BCUT2D eigenvalue weighted by atomic mass is 10.1. The van der Waals surface area contributed by atoms with Gasteiger partial charge in [0.15, 0.2) is 16.8 Å². The highest BCUT2D eigenvalue weighted by Crippen LogP contribution is 2.28. The van der Waals surface area contributed by atoms with Gasteiger partial charge < -0.3 is 4.57 Å². The molecule has 0 spiro atoms. The van der Waals surface area contributed by atoms with Crippen molar-refractivity contribution in [3.8, 4) is 11.4 Å². The lowest BCUT2D eigenvalue weighted by Gasteiger charge is -2.11. The van der Waals surface area contributed by atoms with Gasteiger partial charge in [0, 0.05) is 28.9 Å². The molecule has 0 aliphatic rings. The standard InChI is InChI=1S/C19H19ClN4O3S2/c1-12(17(25)13-6-10-16(11-7-13)23-29(3,26)27)28-19-22-21-18(24(19)2)14-4-8-15(20)9-5-14/h4-12,23H,1-3H3. The average Bonchev–Trinajstić information content (AvgIpc) is 3.01. The van der Waals surface area contributed by atoms with E-state index in [-0.39, 0.29) is 5.78 Å². The van der Waals surface area contributed by atoms with E-state index in [0.29, 0.717) is 27.3 Å². The summed E-state index contributed by atoms with van der Waals surface area (Å²) >= 11 is 7.24. The van der Waals surface area contributed by atoms with Gasteiger partial charge in [-0.2, -0.15) is 0 Å². The summed E-state index contributed by atoms with van der Waals surface area (Å²) in [5.74, 6) is 0.594. The first kappa shape index (κ1) is 21.4. The molecule has 7 nitrogen and oxygen atoms in total. The smallest absolute Gasteiger partial charge is 0.229 e. The summed E-state index contributed by atoms with van der Waals surface area (Å²) in [6, 6.07) is 13.6. The van der Waals surface area contributed by atoms with Gasteiger partial charge in [-0.15, -0.1) is 10.2 Å². The number of nitrogens with one attached hydrogen (secondary N) is 1. The van der Waals surface area contributed by atoms with Crippen molar-refractivity contribution >= 4 is 44.9 Å². The van der Waals surface area contributed by atoms with E-state index in [4.69, 9.17) is 11.6 Å². The van der Waals surface area contributed by atoms with Crippen molar-refractivity contribution in [1.29, 1.82) is 0 Å². The van der Waals surface area contributed by atoms with Crippen molar-refractivity contribution in [3.05, 3.63) is 59.1 Å². The van der Waals surface area contributed by atoms with Crippen molar-refractivity contribution in [2.45, 2.75) is 17.3 Å². The van der Waals surface area contributed by atoms with Crippen LogP contribution in [0.5, 0.6) is 0 Å². The van der Waals surface area contributed by atoms with E-state index in [9.17, 15) is 13.2 Å². The molecular formula is C19H19ClN4O3S2. The molecule has 1 unspecified atom stereocenters. The molecule has 10 heteroatoms. The number of carbonyl (C=O) groups excluding carboxylic acids is 1. The first-order chi connectivity index (χ1) is 13.6. The molecular weight excluding hydrogens is 432 g/mol. The Balaban J connectivity index is 1.72. The molecule has 152 valence electrons. The Morgan fingerprint density at radius 3 is 2.31 bits per heavy atom. The second-order valence-electron chi connectivity index (χ2n) is 6.45. The molecule has 0 saturated carbocycles. The summed E-state index contributed by atoms with van der Waals surface area (Å²) in [5.41, 5.74) is 1.78. The van der Waals surface area contributed by atoms with Crippen LogP contribution >= 0.6 is 23.4 Å². The molecule has 3 rings (SSSR count). The number of hydrogen-bond acceptors (Lipinski definition) is 6. The van der Waals surface area contributed by atoms with Gasteiger partial charge in [-0.3, -0.25) is 9.52 Å². The maximum Gasteiger partial charge on any atom is 0.229 e. The lowest BCUT2D eigenvalue weighted by Crippen LogP contribution is -2.15. The first-order valence-corrected chi connectivity index (χ1v) is 11.7. The van der Waals surface area contributed by atoms with Crippen LogP contribution in [0.3, 0.4) is 0 Å². The minimum absolute atomic E-state index is 0.0862.